The van der Waals surface area contributed by atoms with Gasteiger partial charge < -0.3 is 14.8 Å². The summed E-state index contributed by atoms with van der Waals surface area (Å²) >= 11 is 0. The van der Waals surface area contributed by atoms with Crippen molar-refractivity contribution in [3.63, 3.8) is 0 Å². The van der Waals surface area contributed by atoms with Gasteiger partial charge in [-0.25, -0.2) is 14.4 Å². The average molecular weight is 367 g/mol. The molecule has 2 heterocycles. The molecule has 0 unspecified atom stereocenters. The Morgan fingerprint density at radius 1 is 1.11 bits per heavy atom. The number of ether oxygens (including phenoxy) is 2. The monoisotopic (exact) mass is 367 g/mol. The van der Waals surface area contributed by atoms with E-state index in [4.69, 9.17) is 9.47 Å². The van der Waals surface area contributed by atoms with Gasteiger partial charge in [0.25, 0.3) is 0 Å². The first-order valence-electron chi connectivity index (χ1n) is 9.15. The third kappa shape index (κ3) is 3.85. The molecule has 1 saturated heterocycles. The summed E-state index contributed by atoms with van der Waals surface area (Å²) < 4.78 is 24.3. The number of hydrogen-bond donors (Lipinski definition) is 1. The Hall–Kier alpha value is -2.73. The lowest BCUT2D eigenvalue weighted by molar-refractivity contribution is 0.0699. The standard InChI is InChI=1S/C21H22FN3O2/c1-26-19-11-16(15-2-4-17(22)5-3-15)10-18-20(19)24-13-25-21(18)23-12-14-6-8-27-9-7-14/h2-5,10-11,13-14H,6-9,12H2,1H3,(H,23,24,25). The molecule has 27 heavy (non-hydrogen) atoms. The normalized spacial score (nSPS) is 15.0. The van der Waals surface area contributed by atoms with E-state index in [1.165, 1.54) is 12.1 Å². The van der Waals surface area contributed by atoms with Gasteiger partial charge in [-0.2, -0.15) is 0 Å². The lowest BCUT2D eigenvalue weighted by Gasteiger charge is -2.22. The number of methoxy groups -OCH3 is 1. The summed E-state index contributed by atoms with van der Waals surface area (Å²) in [5, 5.41) is 4.37. The molecule has 5 nitrogen and oxygen atoms in total. The molecule has 0 saturated carbocycles. The maximum Gasteiger partial charge on any atom is 0.145 e. The minimum atomic E-state index is -0.256. The number of halogens is 1. The largest absolute Gasteiger partial charge is 0.494 e. The molecule has 140 valence electrons. The van der Waals surface area contributed by atoms with Crippen molar-refractivity contribution in [2.24, 2.45) is 5.92 Å². The molecular formula is C21H22FN3O2. The van der Waals surface area contributed by atoms with Crippen molar-refractivity contribution in [1.29, 1.82) is 0 Å². The summed E-state index contributed by atoms with van der Waals surface area (Å²) in [7, 11) is 1.63. The van der Waals surface area contributed by atoms with Crippen LogP contribution in [0.5, 0.6) is 5.75 Å². The summed E-state index contributed by atoms with van der Waals surface area (Å²) in [6.07, 6.45) is 3.66. The van der Waals surface area contributed by atoms with Crippen LogP contribution in [0, 0.1) is 11.7 Å². The molecule has 4 rings (SSSR count). The summed E-state index contributed by atoms with van der Waals surface area (Å²) in [6.45, 7) is 2.48. The van der Waals surface area contributed by atoms with Gasteiger partial charge in [-0.15, -0.1) is 0 Å². The fourth-order valence-corrected chi connectivity index (χ4v) is 3.43. The van der Waals surface area contributed by atoms with Gasteiger partial charge in [0.1, 0.15) is 29.2 Å². The molecular weight excluding hydrogens is 345 g/mol. The number of fused-ring (bicyclic) bond motifs is 1. The molecule has 1 aromatic heterocycles. The number of nitrogens with one attached hydrogen (secondary N) is 1. The lowest BCUT2D eigenvalue weighted by atomic mass is 10.00. The Labute approximate surface area is 157 Å². The molecule has 0 atom stereocenters. The zero-order valence-corrected chi connectivity index (χ0v) is 15.2. The van der Waals surface area contributed by atoms with Gasteiger partial charge in [-0.1, -0.05) is 12.1 Å². The van der Waals surface area contributed by atoms with Crippen LogP contribution in [-0.2, 0) is 4.74 Å². The van der Waals surface area contributed by atoms with Gasteiger partial charge in [-0.05, 0) is 54.2 Å². The van der Waals surface area contributed by atoms with Crippen LogP contribution < -0.4 is 10.1 Å². The van der Waals surface area contributed by atoms with Crippen LogP contribution >= 0.6 is 0 Å². The zero-order valence-electron chi connectivity index (χ0n) is 15.2. The fraction of sp³-hybridized carbons (Fsp3) is 0.333. The second kappa shape index (κ2) is 7.88. The highest BCUT2D eigenvalue weighted by Gasteiger charge is 2.16. The maximum absolute atomic E-state index is 13.3. The molecule has 2 aromatic carbocycles. The van der Waals surface area contributed by atoms with E-state index in [1.807, 2.05) is 12.1 Å². The third-order valence-electron chi connectivity index (χ3n) is 5.00. The van der Waals surface area contributed by atoms with Crippen LogP contribution in [0.25, 0.3) is 22.0 Å². The average Bonchev–Trinajstić information content (AvgIpc) is 2.72. The predicted octanol–water partition coefficient (Wildman–Crippen LogP) is 4.28. The fourth-order valence-electron chi connectivity index (χ4n) is 3.43. The molecule has 1 aliphatic rings. The number of aromatic nitrogens is 2. The van der Waals surface area contributed by atoms with E-state index in [0.717, 1.165) is 60.4 Å². The second-order valence-corrected chi connectivity index (χ2v) is 6.74. The topological polar surface area (TPSA) is 56.3 Å². The van der Waals surface area contributed by atoms with Gasteiger partial charge in [0.05, 0.1) is 7.11 Å². The second-order valence-electron chi connectivity index (χ2n) is 6.74. The summed E-state index contributed by atoms with van der Waals surface area (Å²) in [6, 6.07) is 10.4. The van der Waals surface area contributed by atoms with E-state index in [1.54, 1.807) is 25.6 Å². The van der Waals surface area contributed by atoms with E-state index in [0.29, 0.717) is 11.7 Å². The van der Waals surface area contributed by atoms with E-state index < -0.39 is 0 Å². The number of nitrogens with zero attached hydrogens (tertiary/aromatic N) is 2. The highest BCUT2D eigenvalue weighted by atomic mass is 19.1. The molecule has 0 aliphatic carbocycles. The minimum Gasteiger partial charge on any atom is -0.494 e. The number of benzene rings is 2. The van der Waals surface area contributed by atoms with Crippen molar-refractivity contribution in [3.05, 3.63) is 48.5 Å². The van der Waals surface area contributed by atoms with Gasteiger partial charge in [-0.3, -0.25) is 0 Å². The molecule has 3 aromatic rings. The Bertz CT molecular complexity index is 925. The Morgan fingerprint density at radius 3 is 2.63 bits per heavy atom. The zero-order chi connectivity index (χ0) is 18.6. The highest BCUT2D eigenvalue weighted by molar-refractivity contribution is 5.96. The SMILES string of the molecule is COc1cc(-c2ccc(F)cc2)cc2c(NCC3CCOCC3)ncnc12. The maximum atomic E-state index is 13.3. The molecule has 1 N–H and O–H groups in total. The van der Waals surface area contributed by atoms with Crippen LogP contribution in [0.2, 0.25) is 0 Å². The third-order valence-corrected chi connectivity index (χ3v) is 5.00. The number of hydrogen-bond acceptors (Lipinski definition) is 5. The van der Waals surface area contributed by atoms with E-state index in [-0.39, 0.29) is 5.82 Å². The molecule has 0 spiro atoms. The minimum absolute atomic E-state index is 0.256. The Morgan fingerprint density at radius 2 is 1.89 bits per heavy atom. The first-order chi connectivity index (χ1) is 13.2. The van der Waals surface area contributed by atoms with Crippen LogP contribution in [0.3, 0.4) is 0 Å². The summed E-state index contributed by atoms with van der Waals surface area (Å²) in [5.41, 5.74) is 2.60. The molecule has 1 aliphatic heterocycles. The van der Waals surface area contributed by atoms with Crippen LogP contribution in [0.1, 0.15) is 12.8 Å². The Kier molecular flexibility index (Phi) is 5.16. The van der Waals surface area contributed by atoms with Gasteiger partial charge in [0.15, 0.2) is 0 Å². The van der Waals surface area contributed by atoms with E-state index in [2.05, 4.69) is 15.3 Å². The van der Waals surface area contributed by atoms with Gasteiger partial charge in [0, 0.05) is 25.1 Å². The van der Waals surface area contributed by atoms with E-state index >= 15 is 0 Å². The van der Waals surface area contributed by atoms with Crippen LogP contribution in [-0.4, -0.2) is 36.8 Å². The molecule has 0 radical (unpaired) electrons. The first-order valence-corrected chi connectivity index (χ1v) is 9.15. The number of anilines is 1. The molecule has 6 heteroatoms. The van der Waals surface area contributed by atoms with Crippen molar-refractivity contribution in [2.75, 3.05) is 32.2 Å². The quantitative estimate of drug-likeness (QED) is 0.729. The van der Waals surface area contributed by atoms with Crippen molar-refractivity contribution in [2.45, 2.75) is 12.8 Å². The molecule has 0 amide bonds. The molecule has 0 bridgehead atoms. The van der Waals surface area contributed by atoms with Crippen molar-refractivity contribution in [3.8, 4) is 16.9 Å². The van der Waals surface area contributed by atoms with Crippen molar-refractivity contribution in [1.82, 2.24) is 9.97 Å². The van der Waals surface area contributed by atoms with E-state index in [9.17, 15) is 4.39 Å². The summed E-state index contributed by atoms with van der Waals surface area (Å²) in [5.74, 6) is 1.77. The molecule has 1 fully saturated rings. The lowest BCUT2D eigenvalue weighted by Crippen LogP contribution is -2.23. The Balaban J connectivity index is 1.70. The van der Waals surface area contributed by atoms with Crippen molar-refractivity contribution >= 4 is 16.7 Å². The predicted molar refractivity (Wildman–Crippen MR) is 104 cm³/mol. The number of rotatable bonds is 5. The van der Waals surface area contributed by atoms with Gasteiger partial charge in [0.2, 0.25) is 0 Å². The van der Waals surface area contributed by atoms with Crippen LogP contribution in [0.15, 0.2) is 42.7 Å². The highest BCUT2D eigenvalue weighted by Crippen LogP contribution is 2.34. The smallest absolute Gasteiger partial charge is 0.145 e. The first kappa shape index (κ1) is 17.7. The van der Waals surface area contributed by atoms with Crippen LogP contribution in [0.4, 0.5) is 10.2 Å². The van der Waals surface area contributed by atoms with Crippen molar-refractivity contribution < 1.29 is 13.9 Å². The van der Waals surface area contributed by atoms with Gasteiger partial charge >= 0.3 is 0 Å². The summed E-state index contributed by atoms with van der Waals surface area (Å²) in [4.78, 5) is 8.85.